The van der Waals surface area contributed by atoms with Crippen LogP contribution in [-0.4, -0.2) is 61.1 Å². The van der Waals surface area contributed by atoms with E-state index < -0.39 is 27.4 Å². The third-order valence-electron chi connectivity index (χ3n) is 5.84. The fourth-order valence-corrected chi connectivity index (χ4v) is 5.27. The van der Waals surface area contributed by atoms with Crippen molar-refractivity contribution in [1.29, 1.82) is 5.26 Å². The highest BCUT2D eigenvalue weighted by molar-refractivity contribution is 7.89. The van der Waals surface area contributed by atoms with Crippen molar-refractivity contribution in [2.45, 2.75) is 49.4 Å². The summed E-state index contributed by atoms with van der Waals surface area (Å²) in [5.74, 6) is 0. The van der Waals surface area contributed by atoms with Gasteiger partial charge in [0.05, 0.1) is 16.4 Å². The van der Waals surface area contributed by atoms with Crippen LogP contribution in [0.25, 0.3) is 0 Å². The molecule has 0 radical (unpaired) electrons. The van der Waals surface area contributed by atoms with Crippen molar-refractivity contribution >= 4 is 10.0 Å². The molecule has 6 nitrogen and oxygen atoms in total. The molecule has 1 aromatic rings. The zero-order valence-corrected chi connectivity index (χ0v) is 17.1. The quantitative estimate of drug-likeness (QED) is 0.774. The lowest BCUT2D eigenvalue weighted by Crippen LogP contribution is -2.54. The highest BCUT2D eigenvalue weighted by atomic mass is 32.2. The highest BCUT2D eigenvalue weighted by Gasteiger charge is 2.51. The second kappa shape index (κ2) is 7.23. The number of nitrogens with zero attached hydrogens (tertiary/aromatic N) is 3. The average Bonchev–Trinajstić information content (AvgIpc) is 3.40. The Morgan fingerprint density at radius 1 is 1.24 bits per heavy atom. The van der Waals surface area contributed by atoms with E-state index in [4.69, 9.17) is 0 Å². The van der Waals surface area contributed by atoms with E-state index in [1.54, 1.807) is 6.92 Å². The molecule has 29 heavy (non-hydrogen) atoms. The van der Waals surface area contributed by atoms with Crippen LogP contribution in [0.2, 0.25) is 0 Å². The van der Waals surface area contributed by atoms with Gasteiger partial charge in [-0.15, -0.1) is 0 Å². The molecular formula is C19H24F3N3O3S. The summed E-state index contributed by atoms with van der Waals surface area (Å²) in [4.78, 5) is 1.98. The van der Waals surface area contributed by atoms with Crippen molar-refractivity contribution in [3.8, 4) is 6.07 Å². The first-order chi connectivity index (χ1) is 13.3. The molecule has 2 atom stereocenters. The third-order valence-corrected chi connectivity index (χ3v) is 7.87. The largest absolute Gasteiger partial charge is 0.421 e. The molecule has 1 saturated carbocycles. The molecule has 0 spiro atoms. The van der Waals surface area contributed by atoms with Crippen LogP contribution in [0.4, 0.5) is 13.2 Å². The molecule has 1 aromatic carbocycles. The topological polar surface area (TPSA) is 84.6 Å². The number of aliphatic hydroxyl groups is 1. The Morgan fingerprint density at radius 3 is 2.28 bits per heavy atom. The SMILES string of the molecule is CC1CN(CC2(C#N)CC2)CCN1S(=O)(=O)c1ccc(C(C)(O)C(F)(F)F)cc1. The van der Waals surface area contributed by atoms with Gasteiger partial charge in [-0.25, -0.2) is 8.42 Å². The molecule has 1 aliphatic heterocycles. The van der Waals surface area contributed by atoms with E-state index in [2.05, 4.69) is 11.0 Å². The number of piperazine rings is 1. The van der Waals surface area contributed by atoms with Gasteiger partial charge in [0, 0.05) is 32.2 Å². The standard InChI is InChI=1S/C19H24F3N3O3S/c1-14-11-24(13-18(12-23)7-8-18)9-10-25(14)29(27,28)16-5-3-15(4-6-16)17(2,26)19(20,21)22/h3-6,14,26H,7-11,13H2,1-2H3. The van der Waals surface area contributed by atoms with Gasteiger partial charge >= 0.3 is 6.18 Å². The van der Waals surface area contributed by atoms with Gasteiger partial charge in [-0.05, 0) is 44.4 Å². The minimum atomic E-state index is -4.87. The molecule has 0 bridgehead atoms. The van der Waals surface area contributed by atoms with Crippen LogP contribution < -0.4 is 0 Å². The normalized spacial score (nSPS) is 25.2. The van der Waals surface area contributed by atoms with Crippen LogP contribution in [0.3, 0.4) is 0 Å². The number of nitriles is 1. The highest BCUT2D eigenvalue weighted by Crippen LogP contribution is 2.45. The van der Waals surface area contributed by atoms with Gasteiger partial charge in [0.15, 0.2) is 5.60 Å². The Labute approximate surface area is 168 Å². The molecule has 2 aliphatic rings. The van der Waals surface area contributed by atoms with Crippen molar-refractivity contribution in [2.75, 3.05) is 26.2 Å². The molecule has 3 rings (SSSR count). The smallest absolute Gasteiger partial charge is 0.376 e. The predicted molar refractivity (Wildman–Crippen MR) is 99.1 cm³/mol. The molecule has 1 aliphatic carbocycles. The van der Waals surface area contributed by atoms with Gasteiger partial charge in [-0.2, -0.15) is 22.7 Å². The molecule has 2 unspecified atom stereocenters. The first-order valence-corrected chi connectivity index (χ1v) is 10.8. The van der Waals surface area contributed by atoms with Crippen molar-refractivity contribution in [3.63, 3.8) is 0 Å². The van der Waals surface area contributed by atoms with Crippen molar-refractivity contribution < 1.29 is 26.7 Å². The van der Waals surface area contributed by atoms with E-state index in [0.29, 0.717) is 26.6 Å². The number of benzene rings is 1. The summed E-state index contributed by atoms with van der Waals surface area (Å²) in [5.41, 5.74) is -3.78. The number of hydrogen-bond acceptors (Lipinski definition) is 5. The van der Waals surface area contributed by atoms with Gasteiger partial charge < -0.3 is 5.11 Å². The van der Waals surface area contributed by atoms with Crippen molar-refractivity contribution in [2.24, 2.45) is 5.41 Å². The minimum absolute atomic E-state index is 0.116. The molecule has 10 heteroatoms. The van der Waals surface area contributed by atoms with E-state index in [9.17, 15) is 32.0 Å². The maximum absolute atomic E-state index is 13.0. The second-order valence-electron chi connectivity index (χ2n) is 8.19. The predicted octanol–water partition coefficient (Wildman–Crippen LogP) is 2.45. The molecule has 0 aromatic heterocycles. The van der Waals surface area contributed by atoms with Gasteiger partial charge in [0.2, 0.25) is 10.0 Å². The number of rotatable bonds is 5. The van der Waals surface area contributed by atoms with E-state index in [0.717, 1.165) is 37.1 Å². The zero-order chi connectivity index (χ0) is 21.7. The summed E-state index contributed by atoms with van der Waals surface area (Å²) in [5, 5.41) is 19.0. The van der Waals surface area contributed by atoms with E-state index in [1.807, 2.05) is 0 Å². The summed E-state index contributed by atoms with van der Waals surface area (Å²) < 4.78 is 66.2. The number of hydrogen-bond donors (Lipinski definition) is 1. The van der Waals surface area contributed by atoms with Crippen molar-refractivity contribution in [1.82, 2.24) is 9.21 Å². The third kappa shape index (κ3) is 4.14. The molecule has 1 saturated heterocycles. The Morgan fingerprint density at radius 2 is 1.83 bits per heavy atom. The molecule has 2 fully saturated rings. The second-order valence-corrected chi connectivity index (χ2v) is 10.1. The lowest BCUT2D eigenvalue weighted by Gasteiger charge is -2.39. The Balaban J connectivity index is 1.73. The molecule has 1 N–H and O–H groups in total. The Kier molecular flexibility index (Phi) is 5.49. The van der Waals surface area contributed by atoms with Crippen LogP contribution in [-0.2, 0) is 15.6 Å². The van der Waals surface area contributed by atoms with Gasteiger partial charge in [0.1, 0.15) is 0 Å². The summed E-state index contributed by atoms with van der Waals surface area (Å²) >= 11 is 0. The maximum atomic E-state index is 13.0. The first kappa shape index (κ1) is 22.0. The molecule has 0 amide bonds. The van der Waals surface area contributed by atoms with Crippen LogP contribution in [0.15, 0.2) is 29.2 Å². The molecule has 160 valence electrons. The van der Waals surface area contributed by atoms with E-state index >= 15 is 0 Å². The van der Waals surface area contributed by atoms with Crippen LogP contribution in [0.1, 0.15) is 32.3 Å². The maximum Gasteiger partial charge on any atom is 0.421 e. The molecule has 1 heterocycles. The van der Waals surface area contributed by atoms with E-state index in [1.165, 1.54) is 4.31 Å². The average molecular weight is 431 g/mol. The van der Waals surface area contributed by atoms with Crippen molar-refractivity contribution in [3.05, 3.63) is 29.8 Å². The van der Waals surface area contributed by atoms with Gasteiger partial charge in [-0.1, -0.05) is 12.1 Å². The minimum Gasteiger partial charge on any atom is -0.376 e. The lowest BCUT2D eigenvalue weighted by molar-refractivity contribution is -0.258. The van der Waals surface area contributed by atoms with Crippen LogP contribution >= 0.6 is 0 Å². The zero-order valence-electron chi connectivity index (χ0n) is 16.3. The summed E-state index contributed by atoms with van der Waals surface area (Å²) in [7, 11) is -3.89. The molecular weight excluding hydrogens is 407 g/mol. The summed E-state index contributed by atoms with van der Waals surface area (Å²) in [6.07, 6.45) is -3.14. The van der Waals surface area contributed by atoms with E-state index in [-0.39, 0.29) is 22.9 Å². The summed E-state index contributed by atoms with van der Waals surface area (Å²) in [6.45, 7) is 4.26. The monoisotopic (exact) mass is 431 g/mol. The van der Waals surface area contributed by atoms with Gasteiger partial charge in [0.25, 0.3) is 0 Å². The lowest BCUT2D eigenvalue weighted by atomic mass is 9.96. The number of sulfonamides is 1. The van der Waals surface area contributed by atoms with Gasteiger partial charge in [-0.3, -0.25) is 4.90 Å². The number of halogens is 3. The first-order valence-electron chi connectivity index (χ1n) is 9.37. The fraction of sp³-hybridized carbons (Fsp3) is 0.632. The number of alkyl halides is 3. The Hall–Kier alpha value is -1.67. The summed E-state index contributed by atoms with van der Waals surface area (Å²) in [6, 6.07) is 6.18. The Bertz CT molecular complexity index is 903. The van der Waals surface area contributed by atoms with Crippen LogP contribution in [0.5, 0.6) is 0 Å². The fourth-order valence-electron chi connectivity index (χ4n) is 3.65. The van der Waals surface area contributed by atoms with Crippen LogP contribution in [0, 0.1) is 16.7 Å².